The SMILES string of the molecule is CC(CC(=O)N1CCCC(C(=O)O)C1)NC(=O)C1CCCCC1. The Morgan fingerprint density at radius 2 is 1.74 bits per heavy atom. The normalized spacial score (nSPS) is 24.0. The van der Waals surface area contributed by atoms with E-state index in [-0.39, 0.29) is 36.7 Å². The van der Waals surface area contributed by atoms with Crippen molar-refractivity contribution in [3.8, 4) is 0 Å². The van der Waals surface area contributed by atoms with Crippen LogP contribution in [-0.4, -0.2) is 46.9 Å². The molecule has 2 N–H and O–H groups in total. The Labute approximate surface area is 137 Å². The average molecular weight is 324 g/mol. The first-order chi connectivity index (χ1) is 11.0. The van der Waals surface area contributed by atoms with Gasteiger partial charge in [0.1, 0.15) is 0 Å². The summed E-state index contributed by atoms with van der Waals surface area (Å²) in [6.07, 6.45) is 6.91. The fourth-order valence-corrected chi connectivity index (χ4v) is 3.57. The summed E-state index contributed by atoms with van der Waals surface area (Å²) in [5, 5.41) is 12.0. The Bertz CT molecular complexity index is 446. The fraction of sp³-hybridized carbons (Fsp3) is 0.824. The van der Waals surface area contributed by atoms with Crippen LogP contribution in [-0.2, 0) is 14.4 Å². The van der Waals surface area contributed by atoms with Crippen LogP contribution >= 0.6 is 0 Å². The van der Waals surface area contributed by atoms with Gasteiger partial charge in [-0.15, -0.1) is 0 Å². The predicted octanol–water partition coefficient (Wildman–Crippen LogP) is 1.78. The Morgan fingerprint density at radius 3 is 2.39 bits per heavy atom. The van der Waals surface area contributed by atoms with Gasteiger partial charge in [-0.3, -0.25) is 14.4 Å². The summed E-state index contributed by atoms with van der Waals surface area (Å²) in [6, 6.07) is -0.206. The highest BCUT2D eigenvalue weighted by Crippen LogP contribution is 2.24. The molecule has 2 fully saturated rings. The average Bonchev–Trinajstić information content (AvgIpc) is 2.55. The molecule has 23 heavy (non-hydrogen) atoms. The predicted molar refractivity (Wildman–Crippen MR) is 85.7 cm³/mol. The van der Waals surface area contributed by atoms with Gasteiger partial charge in [-0.2, -0.15) is 0 Å². The lowest BCUT2D eigenvalue weighted by Crippen LogP contribution is -2.45. The maximum absolute atomic E-state index is 12.3. The minimum absolute atomic E-state index is 0.0621. The molecular formula is C17H28N2O4. The summed E-state index contributed by atoms with van der Waals surface area (Å²) >= 11 is 0. The van der Waals surface area contributed by atoms with Crippen LogP contribution in [0.2, 0.25) is 0 Å². The third kappa shape index (κ3) is 5.22. The van der Waals surface area contributed by atoms with Gasteiger partial charge >= 0.3 is 5.97 Å². The highest BCUT2D eigenvalue weighted by atomic mass is 16.4. The molecule has 2 rings (SSSR count). The topological polar surface area (TPSA) is 86.7 Å². The minimum Gasteiger partial charge on any atom is -0.481 e. The van der Waals surface area contributed by atoms with Crippen molar-refractivity contribution in [1.82, 2.24) is 10.2 Å². The molecule has 6 heteroatoms. The van der Waals surface area contributed by atoms with E-state index < -0.39 is 11.9 Å². The molecule has 0 bridgehead atoms. The summed E-state index contributed by atoms with van der Waals surface area (Å²) in [4.78, 5) is 37.2. The molecule has 2 amide bonds. The lowest BCUT2D eigenvalue weighted by molar-refractivity contribution is -0.145. The summed E-state index contributed by atoms with van der Waals surface area (Å²) in [6.45, 7) is 2.75. The van der Waals surface area contributed by atoms with Gasteiger partial charge in [0.05, 0.1) is 5.92 Å². The number of nitrogens with one attached hydrogen (secondary N) is 1. The Balaban J connectivity index is 1.77. The van der Waals surface area contributed by atoms with Gasteiger partial charge in [0, 0.05) is 31.5 Å². The maximum Gasteiger partial charge on any atom is 0.308 e. The largest absolute Gasteiger partial charge is 0.481 e. The summed E-state index contributed by atoms with van der Waals surface area (Å²) in [5.74, 6) is -1.20. The van der Waals surface area contributed by atoms with Crippen molar-refractivity contribution in [3.63, 3.8) is 0 Å². The maximum atomic E-state index is 12.3. The van der Waals surface area contributed by atoms with Gasteiger partial charge < -0.3 is 15.3 Å². The molecule has 1 heterocycles. The Morgan fingerprint density at radius 1 is 1.09 bits per heavy atom. The molecule has 6 nitrogen and oxygen atoms in total. The van der Waals surface area contributed by atoms with E-state index in [1.165, 1.54) is 6.42 Å². The zero-order chi connectivity index (χ0) is 16.8. The van der Waals surface area contributed by atoms with Gasteiger partial charge in [-0.1, -0.05) is 19.3 Å². The number of carbonyl (C=O) groups excluding carboxylic acids is 2. The quantitative estimate of drug-likeness (QED) is 0.807. The second kappa shape index (κ2) is 8.31. The van der Waals surface area contributed by atoms with E-state index >= 15 is 0 Å². The summed E-state index contributed by atoms with van der Waals surface area (Å²) in [5.41, 5.74) is 0. The molecule has 1 saturated carbocycles. The van der Waals surface area contributed by atoms with Gasteiger partial charge in [0.25, 0.3) is 0 Å². The van der Waals surface area contributed by atoms with Gasteiger partial charge in [0.15, 0.2) is 0 Å². The van der Waals surface area contributed by atoms with Crippen LogP contribution in [0.15, 0.2) is 0 Å². The van der Waals surface area contributed by atoms with Crippen LogP contribution in [0.25, 0.3) is 0 Å². The molecule has 1 saturated heterocycles. The zero-order valence-corrected chi connectivity index (χ0v) is 13.9. The van der Waals surface area contributed by atoms with Crippen LogP contribution < -0.4 is 5.32 Å². The molecule has 1 aliphatic carbocycles. The van der Waals surface area contributed by atoms with Crippen LogP contribution in [0, 0.1) is 11.8 Å². The number of aliphatic carboxylic acids is 1. The van der Waals surface area contributed by atoms with Gasteiger partial charge in [-0.05, 0) is 32.6 Å². The van der Waals surface area contributed by atoms with Crippen molar-refractivity contribution in [2.24, 2.45) is 11.8 Å². The standard InChI is InChI=1S/C17H28N2O4/c1-12(18-16(21)13-6-3-2-4-7-13)10-15(20)19-9-5-8-14(11-19)17(22)23/h12-14H,2-11H2,1H3,(H,18,21)(H,22,23). The number of rotatable bonds is 5. The molecule has 0 aromatic heterocycles. The first-order valence-electron chi connectivity index (χ1n) is 8.78. The number of carboxylic acid groups (broad SMARTS) is 1. The van der Waals surface area contributed by atoms with Crippen molar-refractivity contribution in [2.45, 2.75) is 64.3 Å². The lowest BCUT2D eigenvalue weighted by atomic mass is 9.88. The minimum atomic E-state index is -0.832. The van der Waals surface area contributed by atoms with Crippen LogP contribution in [0.5, 0.6) is 0 Å². The zero-order valence-electron chi connectivity index (χ0n) is 13.9. The second-order valence-corrected chi connectivity index (χ2v) is 6.97. The van der Waals surface area contributed by atoms with E-state index in [1.807, 2.05) is 6.92 Å². The lowest BCUT2D eigenvalue weighted by Gasteiger charge is -2.31. The van der Waals surface area contributed by atoms with E-state index in [9.17, 15) is 14.4 Å². The van der Waals surface area contributed by atoms with Crippen LogP contribution in [0.3, 0.4) is 0 Å². The van der Waals surface area contributed by atoms with Crippen molar-refractivity contribution in [1.29, 1.82) is 0 Å². The molecule has 0 radical (unpaired) electrons. The number of carboxylic acids is 1. The van der Waals surface area contributed by atoms with E-state index in [0.29, 0.717) is 13.0 Å². The Hall–Kier alpha value is -1.59. The molecule has 2 atom stereocenters. The first-order valence-corrected chi connectivity index (χ1v) is 8.78. The number of nitrogens with zero attached hydrogens (tertiary/aromatic N) is 1. The molecule has 0 aromatic rings. The van der Waals surface area contributed by atoms with Crippen molar-refractivity contribution < 1.29 is 19.5 Å². The number of carbonyl (C=O) groups is 3. The molecule has 0 spiro atoms. The highest BCUT2D eigenvalue weighted by Gasteiger charge is 2.29. The number of likely N-dealkylation sites (tertiary alicyclic amines) is 1. The van der Waals surface area contributed by atoms with E-state index in [1.54, 1.807) is 4.90 Å². The summed E-state index contributed by atoms with van der Waals surface area (Å²) < 4.78 is 0. The molecule has 0 aromatic carbocycles. The fourth-order valence-electron chi connectivity index (χ4n) is 3.57. The van der Waals surface area contributed by atoms with Crippen molar-refractivity contribution in [2.75, 3.05) is 13.1 Å². The van der Waals surface area contributed by atoms with E-state index in [0.717, 1.165) is 32.1 Å². The Kier molecular flexibility index (Phi) is 6.42. The highest BCUT2D eigenvalue weighted by molar-refractivity contribution is 5.81. The van der Waals surface area contributed by atoms with Crippen LogP contribution in [0.1, 0.15) is 58.3 Å². The van der Waals surface area contributed by atoms with Crippen molar-refractivity contribution in [3.05, 3.63) is 0 Å². The van der Waals surface area contributed by atoms with E-state index in [2.05, 4.69) is 5.32 Å². The number of amides is 2. The molecule has 2 unspecified atom stereocenters. The molecule has 2 aliphatic rings. The third-order valence-electron chi connectivity index (χ3n) is 4.97. The summed E-state index contributed by atoms with van der Waals surface area (Å²) in [7, 11) is 0. The third-order valence-corrected chi connectivity index (χ3v) is 4.97. The second-order valence-electron chi connectivity index (χ2n) is 6.97. The molecule has 130 valence electrons. The van der Waals surface area contributed by atoms with Crippen LogP contribution in [0.4, 0.5) is 0 Å². The molecular weight excluding hydrogens is 296 g/mol. The first kappa shape index (κ1) is 17.8. The monoisotopic (exact) mass is 324 g/mol. The van der Waals surface area contributed by atoms with E-state index in [4.69, 9.17) is 5.11 Å². The number of piperidine rings is 1. The smallest absolute Gasteiger partial charge is 0.308 e. The van der Waals surface area contributed by atoms with Crippen molar-refractivity contribution >= 4 is 17.8 Å². The molecule has 1 aliphatic heterocycles. The van der Waals surface area contributed by atoms with Gasteiger partial charge in [-0.25, -0.2) is 0 Å². The van der Waals surface area contributed by atoms with Gasteiger partial charge in [0.2, 0.25) is 11.8 Å². The number of hydrogen-bond donors (Lipinski definition) is 2. The number of hydrogen-bond acceptors (Lipinski definition) is 3.